The summed E-state index contributed by atoms with van der Waals surface area (Å²) >= 11 is 0. The van der Waals surface area contributed by atoms with Crippen molar-refractivity contribution in [2.24, 2.45) is 0 Å². The van der Waals surface area contributed by atoms with Crippen molar-refractivity contribution in [2.75, 3.05) is 0 Å². The first-order valence-electron chi connectivity index (χ1n) is 28.0. The van der Waals surface area contributed by atoms with Crippen LogP contribution in [-0.2, 0) is 5.41 Å². The topological polar surface area (TPSA) is 61.7 Å². The lowest BCUT2D eigenvalue weighted by atomic mass is 9.69. The van der Waals surface area contributed by atoms with Crippen LogP contribution in [0.25, 0.3) is 144 Å². The maximum absolute atomic E-state index is 7.23. The first kappa shape index (κ1) is 45.0. The van der Waals surface area contributed by atoms with E-state index in [2.05, 4.69) is 258 Å². The number of fused-ring (bicyclic) bond motifs is 22. The predicted octanol–water partition coefficient (Wildman–Crippen LogP) is 19.0. The molecule has 18 rings (SSSR count). The van der Waals surface area contributed by atoms with Gasteiger partial charge in [-0.05, 0) is 92.5 Å². The third kappa shape index (κ3) is 6.04. The Bertz CT molecular complexity index is 5280. The molecule has 380 valence electrons. The lowest BCUT2D eigenvalue weighted by Gasteiger charge is -2.31. The number of rotatable bonds is 6. The maximum Gasteiger partial charge on any atom is 0.167 e. The van der Waals surface area contributed by atoms with Gasteiger partial charge in [-0.25, -0.2) is 15.0 Å². The number of benzene rings is 12. The average molecular weight is 1040 g/mol. The Morgan fingerprint density at radius 3 is 1.46 bits per heavy atom. The van der Waals surface area contributed by atoms with Crippen LogP contribution >= 0.6 is 0 Å². The van der Waals surface area contributed by atoms with Gasteiger partial charge in [0.05, 0.1) is 44.1 Å². The highest BCUT2D eigenvalue weighted by Gasteiger charge is 2.54. The molecule has 12 aromatic carbocycles. The molecule has 2 aliphatic carbocycles. The van der Waals surface area contributed by atoms with Crippen molar-refractivity contribution in [1.82, 2.24) is 24.1 Å². The van der Waals surface area contributed by atoms with E-state index < -0.39 is 5.41 Å². The molecule has 4 aromatic heterocycles. The van der Waals surface area contributed by atoms with Crippen molar-refractivity contribution in [2.45, 2.75) is 5.41 Å². The molecule has 4 heterocycles. The number of hydrogen-bond acceptors (Lipinski definition) is 4. The van der Waals surface area contributed by atoms with Crippen LogP contribution in [0.3, 0.4) is 0 Å². The number of hydrogen-bond donors (Lipinski definition) is 0. The van der Waals surface area contributed by atoms with Gasteiger partial charge in [-0.15, -0.1) is 0 Å². The lowest BCUT2D eigenvalue weighted by Crippen LogP contribution is -2.26. The van der Waals surface area contributed by atoms with E-state index in [0.717, 1.165) is 72.1 Å². The SMILES string of the molecule is c1ccc(-c2ccc(-c3nc(-c4ccccc4)nc(-c4ccc(-n5c6ccccc6c6c7c(c8c(c9ccccc9n8-c8ccccc8)c65)-c5ccccc5C75c6ccccc6-c6ccccc65)c5c4oc4ccccc45)n3)cc2)cc1. The fraction of sp³-hybridized carbons (Fsp3) is 0.0132. The van der Waals surface area contributed by atoms with E-state index in [1.54, 1.807) is 0 Å². The molecule has 0 N–H and O–H groups in total. The Balaban J connectivity index is 0.994. The molecule has 82 heavy (non-hydrogen) atoms. The molecule has 16 aromatic rings. The molecule has 6 heteroatoms. The highest BCUT2D eigenvalue weighted by atomic mass is 16.3. The van der Waals surface area contributed by atoms with Gasteiger partial charge in [-0.2, -0.15) is 0 Å². The summed E-state index contributed by atoms with van der Waals surface area (Å²) in [6.07, 6.45) is 0. The second kappa shape index (κ2) is 17.0. The Morgan fingerprint density at radius 2 is 0.793 bits per heavy atom. The molecule has 0 saturated heterocycles. The average Bonchev–Trinajstić information content (AvgIpc) is 2.59. The van der Waals surface area contributed by atoms with Gasteiger partial charge in [0.1, 0.15) is 11.2 Å². The summed E-state index contributed by atoms with van der Waals surface area (Å²) in [5.41, 5.74) is 22.6. The van der Waals surface area contributed by atoms with Gasteiger partial charge in [-0.3, -0.25) is 0 Å². The van der Waals surface area contributed by atoms with E-state index in [1.807, 2.05) is 24.3 Å². The molecule has 0 saturated carbocycles. The maximum atomic E-state index is 7.23. The van der Waals surface area contributed by atoms with Crippen molar-refractivity contribution >= 4 is 65.6 Å². The summed E-state index contributed by atoms with van der Waals surface area (Å²) in [7, 11) is 0. The van der Waals surface area contributed by atoms with Crippen molar-refractivity contribution in [3.05, 3.63) is 295 Å². The molecule has 0 unspecified atom stereocenters. The van der Waals surface area contributed by atoms with E-state index in [4.69, 9.17) is 19.4 Å². The smallest absolute Gasteiger partial charge is 0.167 e. The van der Waals surface area contributed by atoms with E-state index in [-0.39, 0.29) is 0 Å². The van der Waals surface area contributed by atoms with E-state index in [0.29, 0.717) is 23.1 Å². The van der Waals surface area contributed by atoms with Crippen molar-refractivity contribution in [3.63, 3.8) is 0 Å². The van der Waals surface area contributed by atoms with Gasteiger partial charge < -0.3 is 13.6 Å². The second-order valence-corrected chi connectivity index (χ2v) is 21.7. The molecular formula is C76H45N5O. The Hall–Kier alpha value is -11.0. The predicted molar refractivity (Wildman–Crippen MR) is 334 cm³/mol. The van der Waals surface area contributed by atoms with Crippen LogP contribution in [-0.4, -0.2) is 24.1 Å². The second-order valence-electron chi connectivity index (χ2n) is 21.7. The van der Waals surface area contributed by atoms with Crippen LogP contribution in [0.5, 0.6) is 0 Å². The summed E-state index contributed by atoms with van der Waals surface area (Å²) in [6, 6.07) is 98.5. The van der Waals surface area contributed by atoms with Gasteiger partial charge in [0.25, 0.3) is 0 Å². The minimum Gasteiger partial charge on any atom is -0.455 e. The molecular weight excluding hydrogens is 999 g/mol. The molecule has 6 nitrogen and oxygen atoms in total. The first-order chi connectivity index (χ1) is 40.7. The van der Waals surface area contributed by atoms with Gasteiger partial charge in [-0.1, -0.05) is 231 Å². The van der Waals surface area contributed by atoms with Gasteiger partial charge in [0, 0.05) is 49.3 Å². The monoisotopic (exact) mass is 1040 g/mol. The molecule has 0 aliphatic heterocycles. The van der Waals surface area contributed by atoms with Crippen LogP contribution in [0.4, 0.5) is 0 Å². The van der Waals surface area contributed by atoms with Crippen molar-refractivity contribution in [1.29, 1.82) is 0 Å². The highest BCUT2D eigenvalue weighted by Crippen LogP contribution is 2.67. The Labute approximate surface area is 471 Å². The number of para-hydroxylation sites is 4. The third-order valence-electron chi connectivity index (χ3n) is 17.6. The summed E-state index contributed by atoms with van der Waals surface area (Å²) < 4.78 is 12.3. The number of nitrogens with zero attached hydrogens (tertiary/aromatic N) is 5. The summed E-state index contributed by atoms with van der Waals surface area (Å²) in [4.78, 5) is 15.9. The highest BCUT2D eigenvalue weighted by molar-refractivity contribution is 6.33. The molecule has 0 amide bonds. The minimum atomic E-state index is -0.658. The van der Waals surface area contributed by atoms with Crippen LogP contribution in [0.1, 0.15) is 22.3 Å². The fourth-order valence-electron chi connectivity index (χ4n) is 14.3. The van der Waals surface area contributed by atoms with E-state index in [9.17, 15) is 0 Å². The van der Waals surface area contributed by atoms with Gasteiger partial charge >= 0.3 is 0 Å². The number of furan rings is 1. The van der Waals surface area contributed by atoms with Crippen molar-refractivity contribution in [3.8, 4) is 78.9 Å². The summed E-state index contributed by atoms with van der Waals surface area (Å²) in [5, 5.41) is 6.75. The van der Waals surface area contributed by atoms with Crippen molar-refractivity contribution < 1.29 is 4.42 Å². The summed E-state index contributed by atoms with van der Waals surface area (Å²) in [5.74, 6) is 1.69. The molecule has 2 aliphatic rings. The zero-order valence-corrected chi connectivity index (χ0v) is 44.1. The Kier molecular flexibility index (Phi) is 9.34. The van der Waals surface area contributed by atoms with Crippen LogP contribution in [0, 0.1) is 0 Å². The van der Waals surface area contributed by atoms with Gasteiger partial charge in [0.2, 0.25) is 0 Å². The van der Waals surface area contributed by atoms with Crippen LogP contribution < -0.4 is 0 Å². The lowest BCUT2D eigenvalue weighted by molar-refractivity contribution is 0.669. The van der Waals surface area contributed by atoms with Crippen LogP contribution in [0.2, 0.25) is 0 Å². The molecule has 0 fully saturated rings. The van der Waals surface area contributed by atoms with Crippen LogP contribution in [0.15, 0.2) is 277 Å². The Morgan fingerprint density at radius 1 is 0.317 bits per heavy atom. The molecule has 0 bridgehead atoms. The number of aromatic nitrogens is 5. The largest absolute Gasteiger partial charge is 0.455 e. The third-order valence-corrected chi connectivity index (χ3v) is 17.6. The zero-order chi connectivity index (χ0) is 53.6. The quantitative estimate of drug-likeness (QED) is 0.166. The summed E-state index contributed by atoms with van der Waals surface area (Å²) in [6.45, 7) is 0. The first-order valence-corrected chi connectivity index (χ1v) is 28.0. The molecule has 0 radical (unpaired) electrons. The normalized spacial score (nSPS) is 13.0. The van der Waals surface area contributed by atoms with E-state index in [1.165, 1.54) is 71.6 Å². The molecule has 1 spiro atoms. The molecule has 0 atom stereocenters. The standard InChI is InChI=1S/C76H45N5O/c1-4-22-46(23-5-1)47-40-42-49(43-41-47)74-77-73(48-24-6-2-7-25-48)78-75(79-74)57-44-45-63(65-56-33-15-21-39-64(56)82-72(57)65)81-62-38-20-13-31-54(62)67-69-66(70-68(71(67)81)55-32-14-19-37-61(55)80(70)50-26-8-3-9-27-50)53-30-12-18-36-60(53)76(69)58-34-16-10-28-51(58)52-29-11-17-35-59(52)76/h1-45H. The minimum absolute atomic E-state index is 0.526. The zero-order valence-electron chi connectivity index (χ0n) is 44.1. The van der Waals surface area contributed by atoms with E-state index >= 15 is 0 Å². The fourth-order valence-corrected chi connectivity index (χ4v) is 14.3. The van der Waals surface area contributed by atoms with Gasteiger partial charge in [0.15, 0.2) is 17.5 Å².